The Kier molecular flexibility index (Phi) is 6.92. The molecule has 5 rings (SSSR count). The third-order valence-electron chi connectivity index (χ3n) is 5.69. The zero-order chi connectivity index (χ0) is 27.0. The standard InChI is InChI=1S/C28H21BrFN5O2S/c1-14(2)27(36)35-18-7-4-16(5-8-18)24-22(23-25(38-24)19(29)13-33-26(23)31)17-6-9-21(20(30)12-17)37-28-32-11-10-15(3)34-28/h4-13H,1H2,2-3H3,(H2,31,33)(H,35,36). The first-order chi connectivity index (χ1) is 18.2. The number of nitrogens with two attached hydrogens (primary N) is 1. The van der Waals surface area contributed by atoms with Gasteiger partial charge in [-0.3, -0.25) is 4.79 Å². The molecule has 1 amide bonds. The molecular weight excluding hydrogens is 569 g/mol. The van der Waals surface area contributed by atoms with Gasteiger partial charge in [-0.15, -0.1) is 11.3 Å². The smallest absolute Gasteiger partial charge is 0.322 e. The maximum absolute atomic E-state index is 15.3. The average molecular weight is 590 g/mol. The number of nitrogens with zero attached hydrogens (tertiary/aromatic N) is 3. The number of nitrogens with one attached hydrogen (secondary N) is 1. The van der Waals surface area contributed by atoms with Crippen molar-refractivity contribution in [1.82, 2.24) is 15.0 Å². The van der Waals surface area contributed by atoms with Crippen molar-refractivity contribution in [2.75, 3.05) is 11.1 Å². The lowest BCUT2D eigenvalue weighted by Crippen LogP contribution is -2.11. The molecular formula is C28H21BrFN5O2S. The lowest BCUT2D eigenvalue weighted by Gasteiger charge is -2.11. The molecule has 3 N–H and O–H groups in total. The Morgan fingerprint density at radius 1 is 1.13 bits per heavy atom. The van der Waals surface area contributed by atoms with Crippen LogP contribution in [0.4, 0.5) is 15.9 Å². The van der Waals surface area contributed by atoms with Gasteiger partial charge in [0, 0.05) is 45.2 Å². The number of anilines is 2. The number of pyridine rings is 1. The molecule has 5 aromatic rings. The zero-order valence-corrected chi connectivity index (χ0v) is 22.8. The Hall–Kier alpha value is -4.15. The van der Waals surface area contributed by atoms with E-state index in [0.29, 0.717) is 33.7 Å². The number of benzene rings is 2. The number of hydrogen-bond acceptors (Lipinski definition) is 7. The Morgan fingerprint density at radius 3 is 2.55 bits per heavy atom. The number of rotatable bonds is 6. The molecule has 3 heterocycles. The first-order valence-electron chi connectivity index (χ1n) is 11.4. The number of ether oxygens (including phenoxy) is 1. The lowest BCUT2D eigenvalue weighted by atomic mass is 9.98. The Balaban J connectivity index is 1.60. The molecule has 0 saturated carbocycles. The van der Waals surface area contributed by atoms with Gasteiger partial charge >= 0.3 is 6.01 Å². The maximum Gasteiger partial charge on any atom is 0.322 e. The SMILES string of the molecule is C=C(C)C(=O)Nc1ccc(-c2sc3c(Br)cnc(N)c3c2-c2ccc(Oc3nccc(C)n3)c(F)c2)cc1. The van der Waals surface area contributed by atoms with E-state index in [-0.39, 0.29) is 17.7 Å². The number of aromatic nitrogens is 3. The van der Waals surface area contributed by atoms with Crippen molar-refractivity contribution in [3.8, 4) is 33.3 Å². The van der Waals surface area contributed by atoms with Gasteiger partial charge in [-0.25, -0.2) is 19.3 Å². The van der Waals surface area contributed by atoms with E-state index in [1.807, 2.05) is 12.1 Å². The molecule has 38 heavy (non-hydrogen) atoms. The Bertz CT molecular complexity index is 1720. The van der Waals surface area contributed by atoms with E-state index in [4.69, 9.17) is 10.5 Å². The number of fused-ring (bicyclic) bond motifs is 1. The Morgan fingerprint density at radius 2 is 1.87 bits per heavy atom. The van der Waals surface area contributed by atoms with E-state index >= 15 is 4.39 Å². The summed E-state index contributed by atoms with van der Waals surface area (Å²) in [4.78, 5) is 25.4. The van der Waals surface area contributed by atoms with E-state index in [1.165, 1.54) is 17.4 Å². The molecule has 0 spiro atoms. The zero-order valence-electron chi connectivity index (χ0n) is 20.4. The molecule has 0 radical (unpaired) electrons. The van der Waals surface area contributed by atoms with E-state index < -0.39 is 5.82 Å². The van der Waals surface area contributed by atoms with Crippen LogP contribution in [0.25, 0.3) is 31.7 Å². The van der Waals surface area contributed by atoms with Gasteiger partial charge in [0.25, 0.3) is 5.91 Å². The molecule has 0 aliphatic rings. The van der Waals surface area contributed by atoms with Crippen molar-refractivity contribution in [2.45, 2.75) is 13.8 Å². The molecule has 0 aliphatic heterocycles. The van der Waals surface area contributed by atoms with Crippen LogP contribution in [0.2, 0.25) is 0 Å². The number of aryl methyl sites for hydroxylation is 1. The number of carbonyl (C=O) groups excluding carboxylic acids is 1. The van der Waals surface area contributed by atoms with Gasteiger partial charge < -0.3 is 15.8 Å². The maximum atomic E-state index is 15.3. The summed E-state index contributed by atoms with van der Waals surface area (Å²) in [6.07, 6.45) is 3.20. The molecule has 2 aromatic carbocycles. The van der Waals surface area contributed by atoms with Gasteiger partial charge in [-0.05, 0) is 71.2 Å². The lowest BCUT2D eigenvalue weighted by molar-refractivity contribution is -0.112. The number of halogens is 2. The first kappa shape index (κ1) is 25.5. The van der Waals surface area contributed by atoms with Crippen LogP contribution in [0.5, 0.6) is 11.8 Å². The highest BCUT2D eigenvalue weighted by Gasteiger charge is 2.22. The summed E-state index contributed by atoms with van der Waals surface area (Å²) in [5.74, 6) is -0.487. The summed E-state index contributed by atoms with van der Waals surface area (Å²) >= 11 is 5.08. The number of hydrogen-bond donors (Lipinski definition) is 2. The molecule has 190 valence electrons. The highest BCUT2D eigenvalue weighted by molar-refractivity contribution is 9.10. The number of nitrogen functional groups attached to an aromatic ring is 1. The van der Waals surface area contributed by atoms with Crippen molar-refractivity contribution < 1.29 is 13.9 Å². The monoisotopic (exact) mass is 589 g/mol. The predicted molar refractivity (Wildman–Crippen MR) is 153 cm³/mol. The van der Waals surface area contributed by atoms with Crippen LogP contribution in [0, 0.1) is 12.7 Å². The van der Waals surface area contributed by atoms with Gasteiger partial charge in [0.2, 0.25) is 0 Å². The van der Waals surface area contributed by atoms with Crippen LogP contribution in [0.15, 0.2) is 77.5 Å². The molecule has 0 fully saturated rings. The van der Waals surface area contributed by atoms with Gasteiger partial charge in [0.05, 0.1) is 9.17 Å². The molecule has 0 bridgehead atoms. The molecule has 10 heteroatoms. The number of amides is 1. The summed E-state index contributed by atoms with van der Waals surface area (Å²) in [7, 11) is 0. The third kappa shape index (κ3) is 5.00. The third-order valence-corrected chi connectivity index (χ3v) is 7.82. The summed E-state index contributed by atoms with van der Waals surface area (Å²) < 4.78 is 22.6. The summed E-state index contributed by atoms with van der Waals surface area (Å²) in [6, 6.07) is 13.9. The summed E-state index contributed by atoms with van der Waals surface area (Å²) in [6.45, 7) is 7.11. The van der Waals surface area contributed by atoms with Gasteiger partial charge in [0.1, 0.15) is 5.82 Å². The largest absolute Gasteiger partial charge is 0.421 e. The summed E-state index contributed by atoms with van der Waals surface area (Å²) in [5.41, 5.74) is 10.3. The fourth-order valence-corrected chi connectivity index (χ4v) is 5.61. The van der Waals surface area contributed by atoms with Gasteiger partial charge in [0.15, 0.2) is 11.6 Å². The first-order valence-corrected chi connectivity index (χ1v) is 13.0. The van der Waals surface area contributed by atoms with Crippen molar-refractivity contribution >= 4 is 54.8 Å². The Labute approximate surface area is 230 Å². The molecule has 0 saturated heterocycles. The van der Waals surface area contributed by atoms with E-state index in [1.54, 1.807) is 56.6 Å². The minimum absolute atomic E-state index is 0.00493. The molecule has 0 aliphatic carbocycles. The fraction of sp³-hybridized carbons (Fsp3) is 0.0714. The fourth-order valence-electron chi connectivity index (χ4n) is 3.83. The second-order valence-electron chi connectivity index (χ2n) is 8.54. The van der Waals surface area contributed by atoms with Crippen molar-refractivity contribution in [2.24, 2.45) is 0 Å². The van der Waals surface area contributed by atoms with Crippen molar-refractivity contribution in [3.63, 3.8) is 0 Å². The van der Waals surface area contributed by atoms with E-state index in [9.17, 15) is 4.79 Å². The topological polar surface area (TPSA) is 103 Å². The van der Waals surface area contributed by atoms with Crippen LogP contribution < -0.4 is 15.8 Å². The van der Waals surface area contributed by atoms with Gasteiger partial charge in [-0.2, -0.15) is 0 Å². The molecule has 0 unspecified atom stereocenters. The van der Waals surface area contributed by atoms with Crippen molar-refractivity contribution in [3.05, 3.63) is 89.1 Å². The van der Waals surface area contributed by atoms with Crippen LogP contribution in [-0.4, -0.2) is 20.9 Å². The van der Waals surface area contributed by atoms with Crippen LogP contribution in [-0.2, 0) is 4.79 Å². The van der Waals surface area contributed by atoms with Crippen molar-refractivity contribution in [1.29, 1.82) is 0 Å². The van der Waals surface area contributed by atoms with Crippen LogP contribution >= 0.6 is 27.3 Å². The number of thiophene rings is 1. The second-order valence-corrected chi connectivity index (χ2v) is 10.4. The van der Waals surface area contributed by atoms with Crippen LogP contribution in [0.3, 0.4) is 0 Å². The average Bonchev–Trinajstić information content (AvgIpc) is 3.30. The van der Waals surface area contributed by atoms with Gasteiger partial charge in [-0.1, -0.05) is 24.8 Å². The normalized spacial score (nSPS) is 10.9. The number of carbonyl (C=O) groups is 1. The molecule has 3 aromatic heterocycles. The molecule has 7 nitrogen and oxygen atoms in total. The van der Waals surface area contributed by atoms with E-state index in [2.05, 4.69) is 42.8 Å². The highest BCUT2D eigenvalue weighted by atomic mass is 79.9. The second kappa shape index (κ2) is 10.3. The quantitative estimate of drug-likeness (QED) is 0.198. The molecule has 0 atom stereocenters. The van der Waals surface area contributed by atoms with Crippen LogP contribution in [0.1, 0.15) is 12.6 Å². The predicted octanol–water partition coefficient (Wildman–Crippen LogP) is 7.52. The minimum Gasteiger partial charge on any atom is -0.421 e. The highest BCUT2D eigenvalue weighted by Crippen LogP contribution is 2.49. The summed E-state index contributed by atoms with van der Waals surface area (Å²) in [5, 5.41) is 3.52. The minimum atomic E-state index is -0.572. The van der Waals surface area contributed by atoms with E-state index in [0.717, 1.165) is 25.2 Å².